The van der Waals surface area contributed by atoms with Crippen molar-refractivity contribution in [1.29, 1.82) is 0 Å². The number of imide groups is 1. The number of hydrogen-bond acceptors (Lipinski definition) is 3. The van der Waals surface area contributed by atoms with E-state index in [1.54, 1.807) is 0 Å². The summed E-state index contributed by atoms with van der Waals surface area (Å²) in [6.07, 6.45) is 0.216. The van der Waals surface area contributed by atoms with Crippen LogP contribution in [-0.2, 0) is 20.8 Å². The number of rotatable bonds is 2. The van der Waals surface area contributed by atoms with Gasteiger partial charge in [0.15, 0.2) is 0 Å². The lowest BCUT2D eigenvalue weighted by molar-refractivity contribution is -0.145. The van der Waals surface area contributed by atoms with Crippen LogP contribution >= 0.6 is 0 Å². The predicted molar refractivity (Wildman–Crippen MR) is 69.3 cm³/mol. The molecule has 0 unspecified atom stereocenters. The van der Waals surface area contributed by atoms with Crippen molar-refractivity contribution in [2.45, 2.75) is 20.3 Å². The van der Waals surface area contributed by atoms with E-state index in [0.717, 1.165) is 16.7 Å². The molecule has 0 aromatic heterocycles. The molecule has 0 bridgehead atoms. The largest absolute Gasteiger partial charge is 0.324 e. The number of piperazine rings is 1. The molecule has 0 aliphatic carbocycles. The van der Waals surface area contributed by atoms with Crippen LogP contribution in [0.3, 0.4) is 0 Å². The Morgan fingerprint density at radius 2 is 1.84 bits per heavy atom. The van der Waals surface area contributed by atoms with E-state index >= 15 is 0 Å². The third-order valence-corrected chi connectivity index (χ3v) is 3.15. The van der Waals surface area contributed by atoms with E-state index in [9.17, 15) is 14.4 Å². The Morgan fingerprint density at radius 1 is 1.21 bits per heavy atom. The van der Waals surface area contributed by atoms with Crippen LogP contribution in [0.15, 0.2) is 18.2 Å². The van der Waals surface area contributed by atoms with Crippen LogP contribution in [0.2, 0.25) is 0 Å². The molecule has 1 aliphatic rings. The van der Waals surface area contributed by atoms with E-state index in [1.165, 1.54) is 4.90 Å². The summed E-state index contributed by atoms with van der Waals surface area (Å²) in [6.45, 7) is 3.81. The molecule has 3 amide bonds. The van der Waals surface area contributed by atoms with Crippen molar-refractivity contribution >= 4 is 17.7 Å². The van der Waals surface area contributed by atoms with Crippen molar-refractivity contribution in [2.75, 3.05) is 13.1 Å². The number of nitrogens with one attached hydrogen (secondary N) is 1. The molecular weight excluding hydrogens is 244 g/mol. The van der Waals surface area contributed by atoms with Crippen molar-refractivity contribution in [3.63, 3.8) is 0 Å². The Morgan fingerprint density at radius 3 is 2.47 bits per heavy atom. The van der Waals surface area contributed by atoms with Gasteiger partial charge in [0.1, 0.15) is 13.1 Å². The molecule has 1 aromatic rings. The van der Waals surface area contributed by atoms with E-state index < -0.39 is 11.8 Å². The first-order valence-electron chi connectivity index (χ1n) is 6.12. The molecule has 1 aliphatic heterocycles. The Bertz CT molecular complexity index is 536. The number of carbonyl (C=O) groups excluding carboxylic acids is 3. The summed E-state index contributed by atoms with van der Waals surface area (Å²) < 4.78 is 0. The van der Waals surface area contributed by atoms with Gasteiger partial charge in [-0.15, -0.1) is 0 Å². The summed E-state index contributed by atoms with van der Waals surface area (Å²) in [5.74, 6) is -1.05. The molecular formula is C14H16N2O3. The van der Waals surface area contributed by atoms with Gasteiger partial charge in [-0.25, -0.2) is 0 Å². The molecule has 1 fully saturated rings. The van der Waals surface area contributed by atoms with Gasteiger partial charge in [-0.2, -0.15) is 0 Å². The highest BCUT2D eigenvalue weighted by Gasteiger charge is 2.26. The zero-order chi connectivity index (χ0) is 14.0. The maximum atomic E-state index is 12.1. The first-order valence-corrected chi connectivity index (χ1v) is 6.12. The Kier molecular flexibility index (Phi) is 3.64. The number of carbonyl (C=O) groups is 3. The van der Waals surface area contributed by atoms with E-state index in [-0.39, 0.29) is 25.4 Å². The monoisotopic (exact) mass is 260 g/mol. The van der Waals surface area contributed by atoms with Gasteiger partial charge in [-0.3, -0.25) is 19.7 Å². The van der Waals surface area contributed by atoms with Crippen LogP contribution in [0.5, 0.6) is 0 Å². The van der Waals surface area contributed by atoms with Gasteiger partial charge in [0.25, 0.3) is 0 Å². The third-order valence-electron chi connectivity index (χ3n) is 3.15. The van der Waals surface area contributed by atoms with Gasteiger partial charge in [0, 0.05) is 0 Å². The van der Waals surface area contributed by atoms with Gasteiger partial charge in [0.05, 0.1) is 6.42 Å². The number of benzene rings is 1. The molecule has 0 atom stereocenters. The van der Waals surface area contributed by atoms with Crippen LogP contribution in [0, 0.1) is 13.8 Å². The topological polar surface area (TPSA) is 66.5 Å². The number of amides is 3. The number of nitrogens with zero attached hydrogens (tertiary/aromatic N) is 1. The quantitative estimate of drug-likeness (QED) is 0.779. The zero-order valence-electron chi connectivity index (χ0n) is 11.0. The van der Waals surface area contributed by atoms with Gasteiger partial charge in [-0.05, 0) is 25.0 Å². The summed E-state index contributed by atoms with van der Waals surface area (Å²) in [5.41, 5.74) is 3.05. The molecule has 0 radical (unpaired) electrons. The molecule has 5 nitrogen and oxygen atoms in total. The highest BCUT2D eigenvalue weighted by Crippen LogP contribution is 2.13. The lowest BCUT2D eigenvalue weighted by Crippen LogP contribution is -2.53. The SMILES string of the molecule is Cc1ccc(C)c(CC(=O)N2CC(=O)NC(=O)C2)c1. The normalized spacial score (nSPS) is 15.4. The Balaban J connectivity index is 2.10. The molecule has 1 heterocycles. The molecule has 1 N–H and O–H groups in total. The summed E-state index contributed by atoms with van der Waals surface area (Å²) >= 11 is 0. The van der Waals surface area contributed by atoms with Gasteiger partial charge in [-0.1, -0.05) is 23.8 Å². The van der Waals surface area contributed by atoms with Crippen molar-refractivity contribution in [2.24, 2.45) is 0 Å². The molecule has 0 saturated carbocycles. The summed E-state index contributed by atoms with van der Waals surface area (Å²) in [7, 11) is 0. The standard InChI is InChI=1S/C14H16N2O3/c1-9-3-4-10(2)11(5-9)6-14(19)16-7-12(17)15-13(18)8-16/h3-5H,6-8H2,1-2H3,(H,15,17,18). The molecule has 1 aromatic carbocycles. The second-order valence-electron chi connectivity index (χ2n) is 4.83. The van der Waals surface area contributed by atoms with Crippen LogP contribution in [0.1, 0.15) is 16.7 Å². The summed E-state index contributed by atoms with van der Waals surface area (Å²) in [5, 5.41) is 2.18. The third kappa shape index (κ3) is 3.19. The van der Waals surface area contributed by atoms with Crippen molar-refractivity contribution < 1.29 is 14.4 Å². The van der Waals surface area contributed by atoms with E-state index in [1.807, 2.05) is 32.0 Å². The maximum absolute atomic E-state index is 12.1. The van der Waals surface area contributed by atoms with Gasteiger partial charge in [0.2, 0.25) is 17.7 Å². The van der Waals surface area contributed by atoms with Crippen molar-refractivity contribution in [3.05, 3.63) is 34.9 Å². The Hall–Kier alpha value is -2.17. The average molecular weight is 260 g/mol. The van der Waals surface area contributed by atoms with Crippen LogP contribution in [0.25, 0.3) is 0 Å². The highest BCUT2D eigenvalue weighted by molar-refractivity contribution is 6.02. The van der Waals surface area contributed by atoms with Crippen molar-refractivity contribution in [3.8, 4) is 0 Å². The van der Waals surface area contributed by atoms with Crippen LogP contribution in [0.4, 0.5) is 0 Å². The fraction of sp³-hybridized carbons (Fsp3) is 0.357. The predicted octanol–water partition coefficient (Wildman–Crippen LogP) is 0.331. The molecule has 2 rings (SSSR count). The molecule has 5 heteroatoms. The lowest BCUT2D eigenvalue weighted by Gasteiger charge is -2.25. The lowest BCUT2D eigenvalue weighted by atomic mass is 10.0. The van der Waals surface area contributed by atoms with Crippen LogP contribution < -0.4 is 5.32 Å². The number of aryl methyl sites for hydroxylation is 2. The minimum atomic E-state index is -0.425. The van der Waals surface area contributed by atoms with Crippen molar-refractivity contribution in [1.82, 2.24) is 10.2 Å². The first kappa shape index (κ1) is 13.3. The Labute approximate surface area is 111 Å². The second kappa shape index (κ2) is 5.22. The van der Waals surface area contributed by atoms with E-state index in [2.05, 4.69) is 5.32 Å². The molecule has 19 heavy (non-hydrogen) atoms. The molecule has 1 saturated heterocycles. The fourth-order valence-electron chi connectivity index (χ4n) is 2.08. The highest BCUT2D eigenvalue weighted by atomic mass is 16.2. The molecule has 0 spiro atoms. The van der Waals surface area contributed by atoms with E-state index in [4.69, 9.17) is 0 Å². The molecule has 100 valence electrons. The van der Waals surface area contributed by atoms with Crippen LogP contribution in [-0.4, -0.2) is 35.7 Å². The average Bonchev–Trinajstić information content (AvgIpc) is 2.32. The first-order chi connectivity index (χ1) is 8.95. The minimum absolute atomic E-state index is 0.0462. The maximum Gasteiger partial charge on any atom is 0.246 e. The summed E-state index contributed by atoms with van der Waals surface area (Å²) in [4.78, 5) is 35.9. The minimum Gasteiger partial charge on any atom is -0.324 e. The number of hydrogen-bond donors (Lipinski definition) is 1. The fourth-order valence-corrected chi connectivity index (χ4v) is 2.08. The summed E-state index contributed by atoms with van der Waals surface area (Å²) in [6, 6.07) is 5.91. The smallest absolute Gasteiger partial charge is 0.246 e. The zero-order valence-corrected chi connectivity index (χ0v) is 11.0. The van der Waals surface area contributed by atoms with Gasteiger partial charge >= 0.3 is 0 Å². The second-order valence-corrected chi connectivity index (χ2v) is 4.83. The van der Waals surface area contributed by atoms with Gasteiger partial charge < -0.3 is 4.90 Å². The van der Waals surface area contributed by atoms with E-state index in [0.29, 0.717) is 0 Å².